The Morgan fingerprint density at radius 2 is 1.96 bits per heavy atom. The lowest BCUT2D eigenvalue weighted by molar-refractivity contribution is 0.362. The van der Waals surface area contributed by atoms with Gasteiger partial charge in [0.1, 0.15) is 0 Å². The van der Waals surface area contributed by atoms with Crippen molar-refractivity contribution in [2.75, 3.05) is 13.6 Å². The van der Waals surface area contributed by atoms with Crippen LogP contribution in [0.25, 0.3) is 5.57 Å². The second-order valence-corrected chi connectivity index (χ2v) is 7.00. The maximum atomic E-state index is 4.09. The van der Waals surface area contributed by atoms with Gasteiger partial charge in [0.15, 0.2) is 0 Å². The fourth-order valence-electron chi connectivity index (χ4n) is 2.20. The topological polar surface area (TPSA) is 3.24 Å². The third-order valence-electron chi connectivity index (χ3n) is 3.36. The maximum absolute atomic E-state index is 4.09. The van der Waals surface area contributed by atoms with Crippen molar-refractivity contribution < 1.29 is 0 Å². The van der Waals surface area contributed by atoms with E-state index < -0.39 is 0 Å². The predicted molar refractivity (Wildman–Crippen MR) is 106 cm³/mol. The molecule has 0 aliphatic rings. The second-order valence-electron chi connectivity index (χ2n) is 7.00. The molecule has 1 rings (SSSR count). The molecule has 0 spiro atoms. The zero-order valence-electron chi connectivity index (χ0n) is 15.4. The highest BCUT2D eigenvalue weighted by Gasteiger charge is 2.08. The van der Waals surface area contributed by atoms with Crippen LogP contribution in [0.5, 0.6) is 0 Å². The van der Waals surface area contributed by atoms with Crippen LogP contribution in [0.4, 0.5) is 0 Å². The van der Waals surface area contributed by atoms with E-state index in [1.807, 2.05) is 6.08 Å². The number of halogens is 1. The van der Waals surface area contributed by atoms with Gasteiger partial charge >= 0.3 is 0 Å². The van der Waals surface area contributed by atoms with Gasteiger partial charge in [-0.15, -0.1) is 12.4 Å². The van der Waals surface area contributed by atoms with Crippen LogP contribution in [0.3, 0.4) is 0 Å². The van der Waals surface area contributed by atoms with E-state index in [0.29, 0.717) is 0 Å². The molecule has 23 heavy (non-hydrogen) atoms. The standard InChI is InChI=1S/C21H29N.ClH/c1-17(2)19-13-11-12-18(3)20(19)16-22(7)15-10-8-9-14-21(4,5)6;/h8,10-13H,1,15-16H2,2-7H3;1H/b10-8+;. The number of hydrogen-bond donors (Lipinski definition) is 0. The molecule has 0 saturated carbocycles. The van der Waals surface area contributed by atoms with Gasteiger partial charge in [0.2, 0.25) is 0 Å². The Morgan fingerprint density at radius 1 is 1.30 bits per heavy atom. The van der Waals surface area contributed by atoms with Crippen molar-refractivity contribution in [3.05, 3.63) is 53.6 Å². The SMILES string of the molecule is C=C(C)c1cccc(C)c1CN(C)C/C=C/C#CC(C)(C)C.Cl. The van der Waals surface area contributed by atoms with Gasteiger partial charge in [-0.2, -0.15) is 0 Å². The molecule has 0 unspecified atom stereocenters. The summed E-state index contributed by atoms with van der Waals surface area (Å²) < 4.78 is 0. The summed E-state index contributed by atoms with van der Waals surface area (Å²) in [6.07, 6.45) is 4.08. The fourth-order valence-corrected chi connectivity index (χ4v) is 2.20. The summed E-state index contributed by atoms with van der Waals surface area (Å²) in [6.45, 7) is 16.5. The summed E-state index contributed by atoms with van der Waals surface area (Å²) in [5.74, 6) is 6.33. The Morgan fingerprint density at radius 3 is 2.52 bits per heavy atom. The van der Waals surface area contributed by atoms with Gasteiger partial charge in [0.05, 0.1) is 0 Å². The third-order valence-corrected chi connectivity index (χ3v) is 3.36. The van der Waals surface area contributed by atoms with Crippen molar-refractivity contribution in [1.29, 1.82) is 0 Å². The van der Waals surface area contributed by atoms with E-state index in [4.69, 9.17) is 0 Å². The van der Waals surface area contributed by atoms with Crippen LogP contribution < -0.4 is 0 Å². The highest BCUT2D eigenvalue weighted by molar-refractivity contribution is 5.85. The molecule has 0 saturated heterocycles. The molecule has 126 valence electrons. The second kappa shape index (κ2) is 9.60. The Kier molecular flexibility index (Phi) is 8.98. The summed E-state index contributed by atoms with van der Waals surface area (Å²) in [4.78, 5) is 2.30. The minimum atomic E-state index is 0. The molecule has 1 aromatic carbocycles. The molecule has 0 N–H and O–H groups in total. The molecular weight excluding hydrogens is 302 g/mol. The van der Waals surface area contributed by atoms with Crippen LogP contribution in [0.1, 0.15) is 44.4 Å². The molecule has 0 aliphatic carbocycles. The Balaban J connectivity index is 0.00000484. The van der Waals surface area contributed by atoms with E-state index in [1.165, 1.54) is 16.7 Å². The Hall–Kier alpha value is -1.49. The first-order valence-electron chi connectivity index (χ1n) is 7.81. The molecule has 0 radical (unpaired) electrons. The summed E-state index contributed by atoms with van der Waals surface area (Å²) in [6, 6.07) is 6.42. The zero-order valence-corrected chi connectivity index (χ0v) is 16.2. The number of nitrogens with zero attached hydrogens (tertiary/aromatic N) is 1. The van der Waals surface area contributed by atoms with Crippen LogP contribution in [0.2, 0.25) is 0 Å². The van der Waals surface area contributed by atoms with Crippen LogP contribution >= 0.6 is 12.4 Å². The molecule has 1 aromatic rings. The number of likely N-dealkylation sites (N-methyl/N-ethyl adjacent to an activating group) is 1. The Bertz CT molecular complexity index is 609. The average Bonchev–Trinajstić information content (AvgIpc) is 2.39. The minimum Gasteiger partial charge on any atom is -0.298 e. The first-order chi connectivity index (χ1) is 10.2. The molecule has 2 heteroatoms. The van der Waals surface area contributed by atoms with Crippen LogP contribution in [0, 0.1) is 24.2 Å². The summed E-state index contributed by atoms with van der Waals surface area (Å²) in [5, 5.41) is 0. The van der Waals surface area contributed by atoms with E-state index in [1.54, 1.807) is 0 Å². The normalized spacial score (nSPS) is 11.1. The quantitative estimate of drug-likeness (QED) is 0.645. The van der Waals surface area contributed by atoms with Gasteiger partial charge in [-0.25, -0.2) is 0 Å². The smallest absolute Gasteiger partial charge is 0.0242 e. The first-order valence-corrected chi connectivity index (χ1v) is 7.81. The minimum absolute atomic E-state index is 0. The summed E-state index contributed by atoms with van der Waals surface area (Å²) >= 11 is 0. The van der Waals surface area contributed by atoms with Gasteiger partial charge in [0, 0.05) is 18.5 Å². The van der Waals surface area contributed by atoms with E-state index in [9.17, 15) is 0 Å². The number of allylic oxidation sites excluding steroid dienone is 2. The van der Waals surface area contributed by atoms with E-state index in [2.05, 4.69) is 89.3 Å². The molecule has 0 aliphatic heterocycles. The van der Waals surface area contributed by atoms with Gasteiger partial charge < -0.3 is 0 Å². The number of benzene rings is 1. The average molecular weight is 332 g/mol. The van der Waals surface area contributed by atoms with Gasteiger partial charge in [-0.3, -0.25) is 4.90 Å². The van der Waals surface area contributed by atoms with Crippen molar-refractivity contribution >= 4 is 18.0 Å². The third kappa shape index (κ3) is 8.07. The van der Waals surface area contributed by atoms with Gasteiger partial charge in [-0.05, 0) is 64.4 Å². The lowest BCUT2D eigenvalue weighted by Crippen LogP contribution is -2.19. The summed E-state index contributed by atoms with van der Waals surface area (Å²) in [5.41, 5.74) is 5.14. The molecule has 0 amide bonds. The zero-order chi connectivity index (χ0) is 16.8. The lowest BCUT2D eigenvalue weighted by Gasteiger charge is -2.19. The highest BCUT2D eigenvalue weighted by Crippen LogP contribution is 2.22. The molecule has 0 bridgehead atoms. The number of rotatable bonds is 5. The lowest BCUT2D eigenvalue weighted by atomic mass is 9.97. The van der Waals surface area contributed by atoms with E-state index in [0.717, 1.165) is 18.7 Å². The first kappa shape index (κ1) is 21.5. The predicted octanol–water partition coefficient (Wildman–Crippen LogP) is 5.49. The molecule has 0 fully saturated rings. The largest absolute Gasteiger partial charge is 0.298 e. The number of hydrogen-bond acceptors (Lipinski definition) is 1. The molecule has 0 heterocycles. The van der Waals surface area contributed by atoms with Gasteiger partial charge in [0.25, 0.3) is 0 Å². The molecular formula is C21H30ClN. The highest BCUT2D eigenvalue weighted by atomic mass is 35.5. The van der Waals surface area contributed by atoms with Crippen molar-refractivity contribution in [3.63, 3.8) is 0 Å². The van der Waals surface area contributed by atoms with E-state index in [-0.39, 0.29) is 17.8 Å². The summed E-state index contributed by atoms with van der Waals surface area (Å²) in [7, 11) is 2.14. The molecule has 0 aromatic heterocycles. The Labute approximate surface area is 148 Å². The monoisotopic (exact) mass is 331 g/mol. The molecule has 0 atom stereocenters. The van der Waals surface area contributed by atoms with Crippen LogP contribution in [-0.4, -0.2) is 18.5 Å². The van der Waals surface area contributed by atoms with Crippen molar-refractivity contribution in [3.8, 4) is 11.8 Å². The van der Waals surface area contributed by atoms with Crippen LogP contribution in [-0.2, 0) is 6.54 Å². The van der Waals surface area contributed by atoms with E-state index >= 15 is 0 Å². The molecule has 1 nitrogen and oxygen atoms in total. The maximum Gasteiger partial charge on any atom is 0.0242 e. The van der Waals surface area contributed by atoms with Crippen molar-refractivity contribution in [2.45, 2.75) is 41.2 Å². The van der Waals surface area contributed by atoms with Crippen molar-refractivity contribution in [1.82, 2.24) is 4.90 Å². The number of aryl methyl sites for hydroxylation is 1. The fraction of sp³-hybridized carbons (Fsp3) is 0.429. The van der Waals surface area contributed by atoms with Gasteiger partial charge in [-0.1, -0.05) is 48.3 Å². The van der Waals surface area contributed by atoms with Crippen LogP contribution in [0.15, 0.2) is 36.9 Å². The van der Waals surface area contributed by atoms with Crippen molar-refractivity contribution in [2.24, 2.45) is 5.41 Å².